The maximum atomic E-state index is 5.89. The van der Waals surface area contributed by atoms with Gasteiger partial charge in [0.05, 0.1) is 0 Å². The molecule has 0 spiro atoms. The Balaban J connectivity index is 2.34. The van der Waals surface area contributed by atoms with Gasteiger partial charge in [0.25, 0.3) is 0 Å². The highest BCUT2D eigenvalue weighted by molar-refractivity contribution is 6.30. The van der Waals surface area contributed by atoms with E-state index in [9.17, 15) is 0 Å². The number of nitrogens with one attached hydrogen (secondary N) is 1. The highest BCUT2D eigenvalue weighted by Gasteiger charge is 2.03. The van der Waals surface area contributed by atoms with Gasteiger partial charge in [0.1, 0.15) is 17.3 Å². The molecule has 1 heterocycles. The van der Waals surface area contributed by atoms with E-state index in [1.165, 1.54) is 32.0 Å². The minimum Gasteiger partial charge on any atom is -0.370 e. The Morgan fingerprint density at radius 2 is 2.07 bits per heavy atom. The number of hydrogen-bond donors (Lipinski definition) is 1. The molecule has 1 N–H and O–H groups in total. The number of anilines is 1. The molecule has 84 valence electrons. The molecule has 15 heavy (non-hydrogen) atoms. The Morgan fingerprint density at radius 1 is 1.27 bits per heavy atom. The fraction of sp³-hybridized carbons (Fsp3) is 0.636. The quantitative estimate of drug-likeness (QED) is 0.598. The van der Waals surface area contributed by atoms with Crippen LogP contribution in [0.5, 0.6) is 0 Å². The van der Waals surface area contributed by atoms with Crippen molar-refractivity contribution >= 4 is 17.4 Å². The monoisotopic (exact) mass is 227 g/mol. The Kier molecular flexibility index (Phi) is 5.40. The van der Waals surface area contributed by atoms with E-state index in [1.807, 2.05) is 6.92 Å². The van der Waals surface area contributed by atoms with E-state index < -0.39 is 0 Å². The van der Waals surface area contributed by atoms with Crippen LogP contribution in [0.2, 0.25) is 5.15 Å². The van der Waals surface area contributed by atoms with Gasteiger partial charge in [0.15, 0.2) is 0 Å². The first kappa shape index (κ1) is 12.2. The van der Waals surface area contributed by atoms with E-state index >= 15 is 0 Å². The van der Waals surface area contributed by atoms with Gasteiger partial charge < -0.3 is 5.32 Å². The lowest BCUT2D eigenvalue weighted by Crippen LogP contribution is -2.05. The SMILES string of the molecule is CCCCCCNc1ncnc(Cl)c1C. The maximum Gasteiger partial charge on any atom is 0.137 e. The number of hydrogen-bond acceptors (Lipinski definition) is 3. The standard InChI is InChI=1S/C11H18ClN3/c1-3-4-5-6-7-13-11-9(2)10(12)14-8-15-11/h8H,3-7H2,1-2H3,(H,13,14,15). The van der Waals surface area contributed by atoms with Crippen molar-refractivity contribution in [1.82, 2.24) is 9.97 Å². The van der Waals surface area contributed by atoms with Crippen LogP contribution in [0.3, 0.4) is 0 Å². The molecule has 0 saturated heterocycles. The van der Waals surface area contributed by atoms with Crippen LogP contribution in [0.4, 0.5) is 5.82 Å². The van der Waals surface area contributed by atoms with E-state index in [2.05, 4.69) is 22.2 Å². The number of unbranched alkanes of at least 4 members (excludes halogenated alkanes) is 3. The molecule has 3 nitrogen and oxygen atoms in total. The van der Waals surface area contributed by atoms with E-state index in [0.29, 0.717) is 5.15 Å². The first-order chi connectivity index (χ1) is 7.25. The minimum absolute atomic E-state index is 0.529. The third-order valence-corrected chi connectivity index (χ3v) is 2.73. The first-order valence-electron chi connectivity index (χ1n) is 5.46. The molecule has 0 fully saturated rings. The Hall–Kier alpha value is -0.830. The summed E-state index contributed by atoms with van der Waals surface area (Å²) in [6.07, 6.45) is 6.49. The van der Waals surface area contributed by atoms with Crippen LogP contribution in [0.1, 0.15) is 38.2 Å². The summed E-state index contributed by atoms with van der Waals surface area (Å²) in [6, 6.07) is 0. The molecule has 4 heteroatoms. The third-order valence-electron chi connectivity index (χ3n) is 2.35. The molecule has 0 unspecified atom stereocenters. The van der Waals surface area contributed by atoms with Gasteiger partial charge in [-0.2, -0.15) is 0 Å². The van der Waals surface area contributed by atoms with Gasteiger partial charge >= 0.3 is 0 Å². The Morgan fingerprint density at radius 3 is 2.80 bits per heavy atom. The Bertz CT molecular complexity index is 302. The van der Waals surface area contributed by atoms with Crippen molar-refractivity contribution in [2.75, 3.05) is 11.9 Å². The third kappa shape index (κ3) is 4.04. The second kappa shape index (κ2) is 6.62. The van der Waals surface area contributed by atoms with Gasteiger partial charge in [0, 0.05) is 12.1 Å². The lowest BCUT2D eigenvalue weighted by atomic mass is 10.2. The van der Waals surface area contributed by atoms with Crippen molar-refractivity contribution < 1.29 is 0 Å². The van der Waals surface area contributed by atoms with Crippen LogP contribution in [-0.4, -0.2) is 16.5 Å². The second-order valence-electron chi connectivity index (χ2n) is 3.63. The average Bonchev–Trinajstić information content (AvgIpc) is 2.24. The molecule has 0 aromatic carbocycles. The topological polar surface area (TPSA) is 37.8 Å². The van der Waals surface area contributed by atoms with Crippen molar-refractivity contribution in [1.29, 1.82) is 0 Å². The van der Waals surface area contributed by atoms with Crippen molar-refractivity contribution in [3.8, 4) is 0 Å². The van der Waals surface area contributed by atoms with Crippen molar-refractivity contribution in [3.05, 3.63) is 17.0 Å². The lowest BCUT2D eigenvalue weighted by Gasteiger charge is -2.08. The van der Waals surface area contributed by atoms with Crippen LogP contribution in [0.25, 0.3) is 0 Å². The molecule has 1 aromatic heterocycles. The molecule has 0 atom stereocenters. The number of halogens is 1. The lowest BCUT2D eigenvalue weighted by molar-refractivity contribution is 0.684. The normalized spacial score (nSPS) is 10.3. The minimum atomic E-state index is 0.529. The molecule has 1 aromatic rings. The van der Waals surface area contributed by atoms with Crippen molar-refractivity contribution in [2.24, 2.45) is 0 Å². The van der Waals surface area contributed by atoms with E-state index in [1.54, 1.807) is 0 Å². The number of rotatable bonds is 6. The highest BCUT2D eigenvalue weighted by atomic mass is 35.5. The van der Waals surface area contributed by atoms with Gasteiger partial charge in [-0.3, -0.25) is 0 Å². The summed E-state index contributed by atoms with van der Waals surface area (Å²) < 4.78 is 0. The van der Waals surface area contributed by atoms with Gasteiger partial charge in [-0.1, -0.05) is 37.8 Å². The van der Waals surface area contributed by atoms with Crippen molar-refractivity contribution in [3.63, 3.8) is 0 Å². The summed E-state index contributed by atoms with van der Waals surface area (Å²) in [5.41, 5.74) is 0.926. The van der Waals surface area contributed by atoms with E-state index in [0.717, 1.165) is 17.9 Å². The summed E-state index contributed by atoms with van der Waals surface area (Å²) >= 11 is 5.89. The molecular weight excluding hydrogens is 210 g/mol. The molecule has 0 aliphatic carbocycles. The predicted molar refractivity (Wildman–Crippen MR) is 64.4 cm³/mol. The molecular formula is C11H18ClN3. The molecule has 0 aliphatic heterocycles. The molecule has 0 aliphatic rings. The zero-order valence-corrected chi connectivity index (χ0v) is 10.1. The molecule has 0 radical (unpaired) electrons. The van der Waals surface area contributed by atoms with E-state index in [-0.39, 0.29) is 0 Å². The molecule has 0 bridgehead atoms. The van der Waals surface area contributed by atoms with Crippen LogP contribution in [0, 0.1) is 6.92 Å². The second-order valence-corrected chi connectivity index (χ2v) is 3.98. The smallest absolute Gasteiger partial charge is 0.137 e. The molecule has 0 saturated carbocycles. The summed E-state index contributed by atoms with van der Waals surface area (Å²) in [6.45, 7) is 5.09. The van der Waals surface area contributed by atoms with Gasteiger partial charge in [0.2, 0.25) is 0 Å². The van der Waals surface area contributed by atoms with Crippen LogP contribution >= 0.6 is 11.6 Å². The average molecular weight is 228 g/mol. The van der Waals surface area contributed by atoms with E-state index in [4.69, 9.17) is 11.6 Å². The highest BCUT2D eigenvalue weighted by Crippen LogP contribution is 2.17. The summed E-state index contributed by atoms with van der Waals surface area (Å²) in [5, 5.41) is 3.81. The number of aromatic nitrogens is 2. The zero-order valence-electron chi connectivity index (χ0n) is 9.39. The van der Waals surface area contributed by atoms with Gasteiger partial charge in [-0.25, -0.2) is 9.97 Å². The van der Waals surface area contributed by atoms with Crippen LogP contribution in [-0.2, 0) is 0 Å². The molecule has 1 rings (SSSR count). The maximum absolute atomic E-state index is 5.89. The summed E-state index contributed by atoms with van der Waals surface area (Å²) in [5.74, 6) is 0.853. The summed E-state index contributed by atoms with van der Waals surface area (Å²) in [4.78, 5) is 8.06. The zero-order chi connectivity index (χ0) is 11.1. The molecule has 0 amide bonds. The fourth-order valence-corrected chi connectivity index (χ4v) is 1.50. The number of nitrogens with zero attached hydrogens (tertiary/aromatic N) is 2. The largest absolute Gasteiger partial charge is 0.370 e. The summed E-state index contributed by atoms with van der Waals surface area (Å²) in [7, 11) is 0. The van der Waals surface area contributed by atoms with Crippen LogP contribution < -0.4 is 5.32 Å². The van der Waals surface area contributed by atoms with Crippen molar-refractivity contribution in [2.45, 2.75) is 39.5 Å². The predicted octanol–water partition coefficient (Wildman–Crippen LogP) is 3.43. The first-order valence-corrected chi connectivity index (χ1v) is 5.84. The fourth-order valence-electron chi connectivity index (χ4n) is 1.37. The van der Waals surface area contributed by atoms with Gasteiger partial charge in [-0.15, -0.1) is 0 Å². The van der Waals surface area contributed by atoms with Gasteiger partial charge in [-0.05, 0) is 13.3 Å². The van der Waals surface area contributed by atoms with Crippen LogP contribution in [0.15, 0.2) is 6.33 Å². The Labute approximate surface area is 96.3 Å².